The van der Waals surface area contributed by atoms with Crippen LogP contribution in [0.15, 0.2) is 103 Å². The summed E-state index contributed by atoms with van der Waals surface area (Å²) in [5.41, 5.74) is 5.54. The second-order valence-electron chi connectivity index (χ2n) is 11.0. The number of methoxy groups -OCH3 is 1. The molecule has 0 unspecified atom stereocenters. The fourth-order valence-electron chi connectivity index (χ4n) is 5.24. The molecule has 45 heavy (non-hydrogen) atoms. The number of piperazine rings is 1. The summed E-state index contributed by atoms with van der Waals surface area (Å²) >= 11 is 0. The van der Waals surface area contributed by atoms with Gasteiger partial charge in [0.05, 0.1) is 24.9 Å². The average Bonchev–Trinajstić information content (AvgIpc) is 3.47. The number of hydrogen-bond donors (Lipinski definition) is 2. The molecule has 0 aliphatic carbocycles. The number of nitrogens with zero attached hydrogens (tertiary/aromatic N) is 5. The van der Waals surface area contributed by atoms with Gasteiger partial charge in [-0.1, -0.05) is 24.3 Å². The highest BCUT2D eigenvalue weighted by Gasteiger charge is 2.17. The molecule has 6 rings (SSSR count). The van der Waals surface area contributed by atoms with Crippen molar-refractivity contribution in [3.8, 4) is 17.0 Å². The van der Waals surface area contributed by atoms with Crippen molar-refractivity contribution >= 4 is 29.0 Å². The van der Waals surface area contributed by atoms with Crippen molar-refractivity contribution in [2.75, 3.05) is 55.9 Å². The van der Waals surface area contributed by atoms with Crippen molar-refractivity contribution in [2.24, 2.45) is 0 Å². The first-order valence-electron chi connectivity index (χ1n) is 14.8. The molecule has 0 atom stereocenters. The molecule has 228 valence electrons. The van der Waals surface area contributed by atoms with Crippen LogP contribution in [0.2, 0.25) is 0 Å². The Kier molecular flexibility index (Phi) is 8.84. The second kappa shape index (κ2) is 13.4. The van der Waals surface area contributed by atoms with Crippen LogP contribution in [0.25, 0.3) is 11.3 Å². The lowest BCUT2D eigenvalue weighted by molar-refractivity contribution is 0.101. The number of hydrogen-bond acceptors (Lipinski definition) is 7. The highest BCUT2D eigenvalue weighted by molar-refractivity contribution is 6.05. The number of carbonyl (C=O) groups is 2. The van der Waals surface area contributed by atoms with E-state index < -0.39 is 0 Å². The van der Waals surface area contributed by atoms with E-state index in [2.05, 4.69) is 32.5 Å². The molecule has 1 aliphatic rings. The van der Waals surface area contributed by atoms with Crippen LogP contribution in [-0.4, -0.2) is 71.8 Å². The van der Waals surface area contributed by atoms with Gasteiger partial charge in [-0.3, -0.25) is 19.3 Å². The van der Waals surface area contributed by atoms with Crippen molar-refractivity contribution in [1.82, 2.24) is 19.7 Å². The summed E-state index contributed by atoms with van der Waals surface area (Å²) < 4.78 is 7.17. The molecule has 3 aromatic carbocycles. The van der Waals surface area contributed by atoms with E-state index in [0.717, 1.165) is 54.4 Å². The zero-order chi connectivity index (χ0) is 31.2. The third-order valence-corrected chi connectivity index (χ3v) is 7.87. The fourth-order valence-corrected chi connectivity index (χ4v) is 5.24. The van der Waals surface area contributed by atoms with E-state index in [9.17, 15) is 9.59 Å². The Hall–Kier alpha value is -5.48. The van der Waals surface area contributed by atoms with Crippen LogP contribution < -0.4 is 20.3 Å². The summed E-state index contributed by atoms with van der Waals surface area (Å²) in [6, 6.07) is 28.3. The molecule has 1 saturated heterocycles. The number of aromatic nitrogens is 3. The van der Waals surface area contributed by atoms with E-state index in [1.807, 2.05) is 83.5 Å². The largest absolute Gasteiger partial charge is 0.497 e. The zero-order valence-corrected chi connectivity index (χ0v) is 25.3. The monoisotopic (exact) mass is 601 g/mol. The Balaban J connectivity index is 1.21. The van der Waals surface area contributed by atoms with Gasteiger partial charge in [-0.2, -0.15) is 5.10 Å². The summed E-state index contributed by atoms with van der Waals surface area (Å²) in [6.45, 7) is 4.45. The van der Waals surface area contributed by atoms with Gasteiger partial charge in [0.2, 0.25) is 0 Å². The van der Waals surface area contributed by atoms with Gasteiger partial charge in [-0.15, -0.1) is 0 Å². The number of amides is 2. The summed E-state index contributed by atoms with van der Waals surface area (Å²) in [5.74, 6) is 0.756. The molecule has 2 aromatic heterocycles. The molecule has 2 N–H and O–H groups in total. The molecule has 3 heterocycles. The molecular weight excluding hydrogens is 566 g/mol. The smallest absolute Gasteiger partial charge is 0.257 e. The third kappa shape index (κ3) is 7.19. The molecule has 0 radical (unpaired) electrons. The number of ether oxygens (including phenoxy) is 1. The standard InChI is InChI=1S/C35H35N7O3/c1-40-18-20-41(21-19-40)30-13-9-27(10-14-30)34(43)38-33-22-32(42(39-33)24-25-5-15-31(45-2)16-6-25)26-7-11-29(12-8-26)37-35(44)28-4-3-17-36-23-28/h3-17,22-23H,18-21,24H2,1-2H3,(H,37,44)(H,38,39,43). The average molecular weight is 602 g/mol. The number of anilines is 3. The van der Waals surface area contributed by atoms with Crippen LogP contribution in [0.1, 0.15) is 26.3 Å². The first kappa shape index (κ1) is 29.6. The van der Waals surface area contributed by atoms with E-state index in [4.69, 9.17) is 9.84 Å². The molecule has 1 fully saturated rings. The van der Waals surface area contributed by atoms with Gasteiger partial charge in [0, 0.05) is 67.1 Å². The Bertz CT molecular complexity index is 1740. The molecule has 0 spiro atoms. The van der Waals surface area contributed by atoms with Crippen molar-refractivity contribution in [1.29, 1.82) is 0 Å². The van der Waals surface area contributed by atoms with Gasteiger partial charge in [0.25, 0.3) is 11.8 Å². The first-order chi connectivity index (χ1) is 21.9. The predicted molar refractivity (Wildman–Crippen MR) is 176 cm³/mol. The Morgan fingerprint density at radius 3 is 2.20 bits per heavy atom. The molecule has 5 aromatic rings. The van der Waals surface area contributed by atoms with Gasteiger partial charge >= 0.3 is 0 Å². The molecule has 10 heteroatoms. The van der Waals surface area contributed by atoms with Crippen LogP contribution in [0, 0.1) is 0 Å². The van der Waals surface area contributed by atoms with Crippen molar-refractivity contribution in [2.45, 2.75) is 6.54 Å². The molecule has 2 amide bonds. The number of likely N-dealkylation sites (N-methyl/N-ethyl adjacent to an activating group) is 1. The van der Waals surface area contributed by atoms with Crippen molar-refractivity contribution in [3.63, 3.8) is 0 Å². The van der Waals surface area contributed by atoms with E-state index in [1.54, 1.807) is 25.4 Å². The van der Waals surface area contributed by atoms with Gasteiger partial charge < -0.3 is 25.2 Å². The quantitative estimate of drug-likeness (QED) is 0.238. The predicted octanol–water partition coefficient (Wildman–Crippen LogP) is 5.26. The normalized spacial score (nSPS) is 13.3. The number of benzene rings is 3. The van der Waals surface area contributed by atoms with Crippen LogP contribution in [0.4, 0.5) is 17.2 Å². The summed E-state index contributed by atoms with van der Waals surface area (Å²) in [5, 5.41) is 10.6. The van der Waals surface area contributed by atoms with Gasteiger partial charge in [0.15, 0.2) is 5.82 Å². The number of nitrogens with one attached hydrogen (secondary N) is 2. The summed E-state index contributed by atoms with van der Waals surface area (Å²) in [4.78, 5) is 34.5. The zero-order valence-electron chi connectivity index (χ0n) is 25.3. The number of rotatable bonds is 9. The topological polar surface area (TPSA) is 105 Å². The first-order valence-corrected chi connectivity index (χ1v) is 14.8. The van der Waals surface area contributed by atoms with Crippen molar-refractivity contribution < 1.29 is 14.3 Å². The number of pyridine rings is 1. The molecule has 10 nitrogen and oxygen atoms in total. The van der Waals surface area contributed by atoms with E-state index in [-0.39, 0.29) is 11.8 Å². The highest BCUT2D eigenvalue weighted by atomic mass is 16.5. The third-order valence-electron chi connectivity index (χ3n) is 7.87. The van der Waals surface area contributed by atoms with E-state index in [1.165, 1.54) is 6.20 Å². The minimum absolute atomic E-state index is 0.228. The van der Waals surface area contributed by atoms with E-state index in [0.29, 0.717) is 29.2 Å². The van der Waals surface area contributed by atoms with Gasteiger partial charge in [-0.25, -0.2) is 0 Å². The lowest BCUT2D eigenvalue weighted by atomic mass is 10.1. The maximum absolute atomic E-state index is 13.3. The minimum Gasteiger partial charge on any atom is -0.497 e. The van der Waals surface area contributed by atoms with E-state index >= 15 is 0 Å². The maximum Gasteiger partial charge on any atom is 0.257 e. The van der Waals surface area contributed by atoms with Crippen LogP contribution >= 0.6 is 0 Å². The lowest BCUT2D eigenvalue weighted by Crippen LogP contribution is -2.44. The molecule has 0 saturated carbocycles. The SMILES string of the molecule is COc1ccc(Cn2nc(NC(=O)c3ccc(N4CCN(C)CC4)cc3)cc2-c2ccc(NC(=O)c3cccnc3)cc2)cc1. The Morgan fingerprint density at radius 2 is 1.53 bits per heavy atom. The van der Waals surface area contributed by atoms with Crippen LogP contribution in [0.3, 0.4) is 0 Å². The van der Waals surface area contributed by atoms with Gasteiger partial charge in [-0.05, 0) is 73.3 Å². The Labute approximate surface area is 262 Å². The van der Waals surface area contributed by atoms with Gasteiger partial charge in [0.1, 0.15) is 5.75 Å². The summed E-state index contributed by atoms with van der Waals surface area (Å²) in [6.07, 6.45) is 3.15. The maximum atomic E-state index is 13.3. The summed E-state index contributed by atoms with van der Waals surface area (Å²) in [7, 11) is 3.77. The minimum atomic E-state index is -0.234. The molecule has 0 bridgehead atoms. The Morgan fingerprint density at radius 1 is 0.822 bits per heavy atom. The number of carbonyl (C=O) groups excluding carboxylic acids is 2. The molecular formula is C35H35N7O3. The van der Waals surface area contributed by atoms with Crippen LogP contribution in [-0.2, 0) is 6.54 Å². The fraction of sp³-hybridized carbons (Fsp3) is 0.200. The van der Waals surface area contributed by atoms with Crippen LogP contribution in [0.5, 0.6) is 5.75 Å². The highest BCUT2D eigenvalue weighted by Crippen LogP contribution is 2.27. The second-order valence-corrected chi connectivity index (χ2v) is 11.0. The molecule has 1 aliphatic heterocycles. The van der Waals surface area contributed by atoms with Crippen molar-refractivity contribution in [3.05, 3.63) is 120 Å². The lowest BCUT2D eigenvalue weighted by Gasteiger charge is -2.34.